The summed E-state index contributed by atoms with van der Waals surface area (Å²) < 4.78 is 0. The van der Waals surface area contributed by atoms with Crippen LogP contribution in [0.25, 0.3) is 0 Å². The number of anilines is 1. The quantitative estimate of drug-likeness (QED) is 0.818. The predicted molar refractivity (Wildman–Crippen MR) is 77.4 cm³/mol. The third-order valence-corrected chi connectivity index (χ3v) is 3.84. The molecular weight excluding hydrogens is 222 g/mol. The van der Waals surface area contributed by atoms with Crippen molar-refractivity contribution in [1.82, 2.24) is 9.88 Å². The fourth-order valence-electron chi connectivity index (χ4n) is 2.53. The third-order valence-electron chi connectivity index (χ3n) is 3.84. The van der Waals surface area contributed by atoms with Gasteiger partial charge < -0.3 is 9.80 Å². The molecule has 18 heavy (non-hydrogen) atoms. The lowest BCUT2D eigenvalue weighted by atomic mass is 9.97. The Morgan fingerprint density at radius 1 is 1.22 bits per heavy atom. The van der Waals surface area contributed by atoms with E-state index in [2.05, 4.69) is 54.9 Å². The molecule has 0 bridgehead atoms. The molecule has 1 aromatic rings. The fourth-order valence-corrected chi connectivity index (χ4v) is 2.53. The van der Waals surface area contributed by atoms with E-state index in [1.165, 1.54) is 11.1 Å². The number of rotatable bonds is 3. The van der Waals surface area contributed by atoms with Crippen LogP contribution in [0.5, 0.6) is 0 Å². The summed E-state index contributed by atoms with van der Waals surface area (Å²) in [6.07, 6.45) is 3.15. The minimum absolute atomic E-state index is 0.578. The van der Waals surface area contributed by atoms with Gasteiger partial charge >= 0.3 is 0 Å². The van der Waals surface area contributed by atoms with Crippen LogP contribution in [0, 0.1) is 0 Å². The van der Waals surface area contributed by atoms with Gasteiger partial charge in [0.25, 0.3) is 0 Å². The standard InChI is InChI=1S/C15H25N3/c1-5-13-11-16-15(10-14(13)12(2)3)18-8-6-17(4)7-9-18/h10-12H,5-9H2,1-4H3. The van der Waals surface area contributed by atoms with Crippen LogP contribution >= 0.6 is 0 Å². The van der Waals surface area contributed by atoms with E-state index in [-0.39, 0.29) is 0 Å². The van der Waals surface area contributed by atoms with E-state index >= 15 is 0 Å². The Kier molecular flexibility index (Phi) is 4.23. The summed E-state index contributed by atoms with van der Waals surface area (Å²) in [6.45, 7) is 11.2. The molecule has 2 rings (SSSR count). The number of aromatic nitrogens is 1. The first-order valence-electron chi connectivity index (χ1n) is 7.04. The molecule has 2 heterocycles. The normalized spacial score (nSPS) is 17.5. The molecule has 1 aliphatic rings. The molecule has 1 saturated heterocycles. The summed E-state index contributed by atoms with van der Waals surface area (Å²) in [4.78, 5) is 9.43. The maximum atomic E-state index is 4.65. The molecule has 0 spiro atoms. The topological polar surface area (TPSA) is 19.4 Å². The SMILES string of the molecule is CCc1cnc(N2CCN(C)CC2)cc1C(C)C. The number of nitrogens with zero attached hydrogens (tertiary/aromatic N) is 3. The summed E-state index contributed by atoms with van der Waals surface area (Å²) in [5.74, 6) is 1.73. The monoisotopic (exact) mass is 247 g/mol. The maximum Gasteiger partial charge on any atom is 0.128 e. The van der Waals surface area contributed by atoms with Crippen LogP contribution in [0.2, 0.25) is 0 Å². The molecule has 0 atom stereocenters. The second-order valence-corrected chi connectivity index (χ2v) is 5.54. The summed E-state index contributed by atoms with van der Waals surface area (Å²) in [5, 5.41) is 0. The second-order valence-electron chi connectivity index (χ2n) is 5.54. The van der Waals surface area contributed by atoms with Crippen LogP contribution in [0.4, 0.5) is 5.82 Å². The molecule has 3 nitrogen and oxygen atoms in total. The Bertz CT molecular complexity index is 393. The van der Waals surface area contributed by atoms with Gasteiger partial charge in [0.1, 0.15) is 5.82 Å². The third kappa shape index (κ3) is 2.83. The Balaban J connectivity index is 2.21. The van der Waals surface area contributed by atoms with Crippen LogP contribution in [0.15, 0.2) is 12.3 Å². The molecule has 0 unspecified atom stereocenters. The van der Waals surface area contributed by atoms with Gasteiger partial charge in [-0.25, -0.2) is 4.98 Å². The zero-order valence-corrected chi connectivity index (χ0v) is 12.1. The van der Waals surface area contributed by atoms with E-state index in [9.17, 15) is 0 Å². The van der Waals surface area contributed by atoms with Gasteiger partial charge in [0.05, 0.1) is 0 Å². The van der Waals surface area contributed by atoms with Crippen molar-refractivity contribution in [1.29, 1.82) is 0 Å². The summed E-state index contributed by atoms with van der Waals surface area (Å²) in [5.41, 5.74) is 2.85. The van der Waals surface area contributed by atoms with Gasteiger partial charge in [0.2, 0.25) is 0 Å². The lowest BCUT2D eigenvalue weighted by molar-refractivity contribution is 0.312. The van der Waals surface area contributed by atoms with Crippen LogP contribution in [-0.2, 0) is 6.42 Å². The van der Waals surface area contributed by atoms with E-state index < -0.39 is 0 Å². The molecule has 0 N–H and O–H groups in total. The lowest BCUT2D eigenvalue weighted by Crippen LogP contribution is -2.44. The molecular formula is C15H25N3. The number of likely N-dealkylation sites (N-methyl/N-ethyl adjacent to an activating group) is 1. The van der Waals surface area contributed by atoms with Gasteiger partial charge in [0, 0.05) is 32.4 Å². The minimum Gasteiger partial charge on any atom is -0.354 e. The van der Waals surface area contributed by atoms with Gasteiger partial charge in [-0.1, -0.05) is 20.8 Å². The number of hydrogen-bond donors (Lipinski definition) is 0. The molecule has 100 valence electrons. The van der Waals surface area contributed by atoms with Crippen molar-refractivity contribution in [3.63, 3.8) is 0 Å². The van der Waals surface area contributed by atoms with Crippen LogP contribution < -0.4 is 4.90 Å². The van der Waals surface area contributed by atoms with Crippen LogP contribution in [0.1, 0.15) is 37.8 Å². The average molecular weight is 247 g/mol. The summed E-state index contributed by atoms with van der Waals surface area (Å²) in [7, 11) is 2.19. The van der Waals surface area contributed by atoms with Crippen molar-refractivity contribution < 1.29 is 0 Å². The Morgan fingerprint density at radius 2 is 1.89 bits per heavy atom. The molecule has 0 aromatic carbocycles. The molecule has 1 fully saturated rings. The van der Waals surface area contributed by atoms with E-state index in [0.29, 0.717) is 5.92 Å². The molecule has 0 radical (unpaired) electrons. The van der Waals surface area contributed by atoms with Crippen molar-refractivity contribution >= 4 is 5.82 Å². The molecule has 3 heteroatoms. The average Bonchev–Trinajstić information content (AvgIpc) is 2.39. The zero-order valence-electron chi connectivity index (χ0n) is 12.1. The Hall–Kier alpha value is -1.09. The highest BCUT2D eigenvalue weighted by Crippen LogP contribution is 2.24. The van der Waals surface area contributed by atoms with Gasteiger partial charge in [-0.3, -0.25) is 0 Å². The number of piperazine rings is 1. The highest BCUT2D eigenvalue weighted by atomic mass is 15.3. The van der Waals surface area contributed by atoms with Gasteiger partial charge in [-0.2, -0.15) is 0 Å². The van der Waals surface area contributed by atoms with Crippen molar-refractivity contribution in [2.75, 3.05) is 38.1 Å². The Labute approximate surface area is 111 Å². The van der Waals surface area contributed by atoms with Gasteiger partial charge in [0.15, 0.2) is 0 Å². The predicted octanol–water partition coefficient (Wildman–Crippen LogP) is 2.52. The van der Waals surface area contributed by atoms with E-state index in [4.69, 9.17) is 0 Å². The van der Waals surface area contributed by atoms with Crippen LogP contribution in [-0.4, -0.2) is 43.1 Å². The maximum absolute atomic E-state index is 4.65. The van der Waals surface area contributed by atoms with Gasteiger partial charge in [-0.15, -0.1) is 0 Å². The molecule has 0 saturated carbocycles. The molecule has 1 aliphatic heterocycles. The minimum atomic E-state index is 0.578. The lowest BCUT2D eigenvalue weighted by Gasteiger charge is -2.33. The number of pyridine rings is 1. The first kappa shape index (κ1) is 13.3. The number of aryl methyl sites for hydroxylation is 1. The fraction of sp³-hybridized carbons (Fsp3) is 0.667. The van der Waals surface area contributed by atoms with Crippen LogP contribution in [0.3, 0.4) is 0 Å². The summed E-state index contributed by atoms with van der Waals surface area (Å²) >= 11 is 0. The zero-order chi connectivity index (χ0) is 13.1. The second kappa shape index (κ2) is 5.70. The first-order valence-corrected chi connectivity index (χ1v) is 7.04. The highest BCUT2D eigenvalue weighted by Gasteiger charge is 2.17. The van der Waals surface area contributed by atoms with Gasteiger partial charge in [-0.05, 0) is 36.6 Å². The number of hydrogen-bond acceptors (Lipinski definition) is 3. The Morgan fingerprint density at radius 3 is 2.44 bits per heavy atom. The van der Waals surface area contributed by atoms with Crippen molar-refractivity contribution in [3.8, 4) is 0 Å². The van der Waals surface area contributed by atoms with E-state index in [1.54, 1.807) is 0 Å². The molecule has 1 aromatic heterocycles. The van der Waals surface area contributed by atoms with Crippen molar-refractivity contribution in [2.24, 2.45) is 0 Å². The van der Waals surface area contributed by atoms with Crippen molar-refractivity contribution in [2.45, 2.75) is 33.1 Å². The van der Waals surface area contributed by atoms with E-state index in [1.807, 2.05) is 0 Å². The smallest absolute Gasteiger partial charge is 0.128 e. The van der Waals surface area contributed by atoms with E-state index in [0.717, 1.165) is 38.4 Å². The highest BCUT2D eigenvalue weighted by molar-refractivity contribution is 5.45. The first-order chi connectivity index (χ1) is 8.61. The molecule has 0 amide bonds. The largest absolute Gasteiger partial charge is 0.354 e. The van der Waals surface area contributed by atoms with Crippen molar-refractivity contribution in [3.05, 3.63) is 23.4 Å². The molecule has 0 aliphatic carbocycles. The summed E-state index contributed by atoms with van der Waals surface area (Å²) in [6, 6.07) is 2.30.